The first-order valence-electron chi connectivity index (χ1n) is 23.5. The second-order valence-corrected chi connectivity index (χ2v) is 16.2. The number of carbonyl (C=O) groups excluding carboxylic acids is 1. The van der Waals surface area contributed by atoms with Crippen LogP contribution in [0.3, 0.4) is 0 Å². The Morgan fingerprint density at radius 1 is 0.603 bits per heavy atom. The van der Waals surface area contributed by atoms with Crippen LogP contribution in [0.5, 0.6) is 0 Å². The molecule has 0 aromatic rings. The third-order valence-electron chi connectivity index (χ3n) is 10.8. The molecule has 1 fully saturated rings. The van der Waals surface area contributed by atoms with Crippen LogP contribution in [0, 0.1) is 0 Å². The summed E-state index contributed by atoms with van der Waals surface area (Å²) in [6.45, 7) is 3.64. The molecule has 9 nitrogen and oxygen atoms in total. The zero-order valence-electron chi connectivity index (χ0n) is 36.8. The highest BCUT2D eigenvalue weighted by molar-refractivity contribution is 5.76. The molecule has 7 atom stereocenters. The Morgan fingerprint density at radius 3 is 1.59 bits per heavy atom. The SMILES string of the molecule is CC/C=C\C/C=C\C/C=C\C/C=C\CCCCCCCCC(=O)NC(COC1OC(CO)C(O)C(O)C1O)C(O)/C=C/CCCCCCCCCCCCCCCC. The lowest BCUT2D eigenvalue weighted by Crippen LogP contribution is -2.60. The van der Waals surface area contributed by atoms with Gasteiger partial charge >= 0.3 is 0 Å². The van der Waals surface area contributed by atoms with Gasteiger partial charge in [-0.1, -0.05) is 184 Å². The number of aliphatic hydroxyl groups is 5. The van der Waals surface area contributed by atoms with E-state index in [2.05, 4.69) is 67.8 Å². The van der Waals surface area contributed by atoms with E-state index in [1.165, 1.54) is 83.5 Å². The zero-order chi connectivity index (χ0) is 42.3. The maximum atomic E-state index is 13.0. The van der Waals surface area contributed by atoms with Gasteiger partial charge in [0.25, 0.3) is 0 Å². The first-order valence-corrected chi connectivity index (χ1v) is 23.5. The van der Waals surface area contributed by atoms with Gasteiger partial charge in [0.05, 0.1) is 25.4 Å². The molecule has 1 saturated heterocycles. The van der Waals surface area contributed by atoms with Crippen LogP contribution in [0.15, 0.2) is 60.8 Å². The molecule has 9 heteroatoms. The van der Waals surface area contributed by atoms with E-state index in [0.717, 1.165) is 83.5 Å². The Hall–Kier alpha value is -2.11. The monoisotopic (exact) mass is 818 g/mol. The summed E-state index contributed by atoms with van der Waals surface area (Å²) < 4.78 is 11.2. The van der Waals surface area contributed by atoms with Crippen LogP contribution in [0.1, 0.15) is 187 Å². The van der Waals surface area contributed by atoms with E-state index in [1.807, 2.05) is 6.08 Å². The highest BCUT2D eigenvalue weighted by Crippen LogP contribution is 2.22. The molecule has 0 spiro atoms. The number of aliphatic hydroxyl groups excluding tert-OH is 5. The van der Waals surface area contributed by atoms with Gasteiger partial charge in [-0.05, 0) is 57.8 Å². The van der Waals surface area contributed by atoms with Gasteiger partial charge < -0.3 is 40.3 Å². The average molecular weight is 818 g/mol. The quantitative estimate of drug-likeness (QED) is 0.0267. The molecule has 1 rings (SSSR count). The molecule has 0 radical (unpaired) electrons. The van der Waals surface area contributed by atoms with Crippen molar-refractivity contribution >= 4 is 5.91 Å². The van der Waals surface area contributed by atoms with Crippen LogP contribution in [0.4, 0.5) is 0 Å². The highest BCUT2D eigenvalue weighted by Gasteiger charge is 2.44. The lowest BCUT2D eigenvalue weighted by molar-refractivity contribution is -0.302. The van der Waals surface area contributed by atoms with E-state index >= 15 is 0 Å². The molecule has 0 saturated carbocycles. The molecule has 6 N–H and O–H groups in total. The van der Waals surface area contributed by atoms with Gasteiger partial charge in [-0.25, -0.2) is 0 Å². The van der Waals surface area contributed by atoms with Gasteiger partial charge in [0.2, 0.25) is 5.91 Å². The maximum absolute atomic E-state index is 13.0. The fourth-order valence-electron chi connectivity index (χ4n) is 7.09. The first-order chi connectivity index (χ1) is 28.3. The van der Waals surface area contributed by atoms with Crippen LogP contribution < -0.4 is 5.32 Å². The Morgan fingerprint density at radius 2 is 1.07 bits per heavy atom. The summed E-state index contributed by atoms with van der Waals surface area (Å²) in [4.78, 5) is 13.0. The highest BCUT2D eigenvalue weighted by atomic mass is 16.7. The summed E-state index contributed by atoms with van der Waals surface area (Å²) in [6, 6.07) is -0.814. The number of hydrogen-bond donors (Lipinski definition) is 6. The number of amides is 1. The second kappa shape index (κ2) is 39.1. The largest absolute Gasteiger partial charge is 0.394 e. The molecule has 1 aliphatic heterocycles. The molecule has 0 aromatic carbocycles. The number of nitrogens with one attached hydrogen (secondary N) is 1. The van der Waals surface area contributed by atoms with Crippen molar-refractivity contribution in [2.75, 3.05) is 13.2 Å². The first kappa shape index (κ1) is 53.9. The molecule has 0 aromatic heterocycles. The van der Waals surface area contributed by atoms with Crippen LogP contribution >= 0.6 is 0 Å². The van der Waals surface area contributed by atoms with Crippen molar-refractivity contribution in [3.05, 3.63) is 60.8 Å². The third-order valence-corrected chi connectivity index (χ3v) is 10.8. The van der Waals surface area contributed by atoms with Crippen molar-refractivity contribution in [2.24, 2.45) is 0 Å². The minimum absolute atomic E-state index is 0.193. The minimum atomic E-state index is -1.57. The van der Waals surface area contributed by atoms with Crippen LogP contribution in [-0.2, 0) is 14.3 Å². The van der Waals surface area contributed by atoms with Crippen molar-refractivity contribution in [1.29, 1.82) is 0 Å². The van der Waals surface area contributed by atoms with Gasteiger partial charge in [0.1, 0.15) is 24.4 Å². The number of unbranched alkanes of at least 4 members (excludes halogenated alkanes) is 20. The molecule has 1 aliphatic rings. The van der Waals surface area contributed by atoms with E-state index in [-0.39, 0.29) is 12.5 Å². The van der Waals surface area contributed by atoms with Crippen LogP contribution in [0.2, 0.25) is 0 Å². The topological polar surface area (TPSA) is 149 Å². The third kappa shape index (κ3) is 29.2. The van der Waals surface area contributed by atoms with Gasteiger partial charge in [0.15, 0.2) is 6.29 Å². The van der Waals surface area contributed by atoms with Crippen molar-refractivity contribution < 1.29 is 39.8 Å². The molecular weight excluding hydrogens is 731 g/mol. The number of rotatable bonds is 38. The summed E-state index contributed by atoms with van der Waals surface area (Å²) in [5.41, 5.74) is 0. The van der Waals surface area contributed by atoms with Crippen molar-refractivity contribution in [3.63, 3.8) is 0 Å². The predicted molar refractivity (Wildman–Crippen MR) is 239 cm³/mol. The lowest BCUT2D eigenvalue weighted by Gasteiger charge is -2.40. The van der Waals surface area contributed by atoms with Crippen LogP contribution in [0.25, 0.3) is 0 Å². The fourth-order valence-corrected chi connectivity index (χ4v) is 7.09. The summed E-state index contributed by atoms with van der Waals surface area (Å²) in [5.74, 6) is -0.193. The maximum Gasteiger partial charge on any atom is 0.220 e. The van der Waals surface area contributed by atoms with Gasteiger partial charge in [0, 0.05) is 6.42 Å². The Balaban J connectivity index is 2.37. The number of hydrogen-bond acceptors (Lipinski definition) is 8. The van der Waals surface area contributed by atoms with E-state index in [4.69, 9.17) is 9.47 Å². The van der Waals surface area contributed by atoms with Crippen molar-refractivity contribution in [3.8, 4) is 0 Å². The van der Waals surface area contributed by atoms with E-state index < -0.39 is 49.5 Å². The summed E-state index contributed by atoms with van der Waals surface area (Å²) in [5, 5.41) is 54.2. The smallest absolute Gasteiger partial charge is 0.220 e. The normalized spacial score (nSPS) is 21.4. The predicted octanol–water partition coefficient (Wildman–Crippen LogP) is 10.0. The molecular formula is C49H87NO8. The van der Waals surface area contributed by atoms with E-state index in [9.17, 15) is 30.3 Å². The molecule has 58 heavy (non-hydrogen) atoms. The van der Waals surface area contributed by atoms with Crippen molar-refractivity contribution in [2.45, 2.75) is 230 Å². The molecule has 1 amide bonds. The average Bonchev–Trinajstić information content (AvgIpc) is 3.22. The van der Waals surface area contributed by atoms with E-state index in [1.54, 1.807) is 6.08 Å². The number of carbonyl (C=O) groups is 1. The molecule has 7 unspecified atom stereocenters. The Bertz CT molecular complexity index is 1090. The number of ether oxygens (including phenoxy) is 2. The van der Waals surface area contributed by atoms with Crippen LogP contribution in [-0.4, -0.2) is 87.5 Å². The van der Waals surface area contributed by atoms with Crippen molar-refractivity contribution in [1.82, 2.24) is 5.32 Å². The van der Waals surface area contributed by atoms with Gasteiger partial charge in [-0.3, -0.25) is 4.79 Å². The molecule has 336 valence electrons. The molecule has 0 aliphatic carbocycles. The zero-order valence-corrected chi connectivity index (χ0v) is 36.8. The standard InChI is InChI=1S/C49H87NO8/c1-3-5-7-9-11-13-15-17-19-21-22-23-25-27-29-31-33-35-37-39-45(53)50-42(41-57-49-48(56)47(55)46(54)44(40-51)58-49)43(52)38-36-34-32-30-28-26-24-20-18-16-14-12-10-8-6-4-2/h5,7,11,13,17,19,22-23,36,38,42-44,46-49,51-52,54-56H,3-4,6,8-10,12,14-16,18,20-21,24-35,37,39-41H2,1-2H3,(H,50,53)/b7-5-,13-11-,19-17-,23-22-,38-36+. The van der Waals surface area contributed by atoms with Gasteiger partial charge in [-0.15, -0.1) is 0 Å². The summed E-state index contributed by atoms with van der Waals surface area (Å²) in [6.07, 6.45) is 44.0. The Labute approximate surface area is 354 Å². The number of allylic oxidation sites excluding steroid dienone is 9. The summed E-state index contributed by atoms with van der Waals surface area (Å²) in [7, 11) is 0. The van der Waals surface area contributed by atoms with Gasteiger partial charge in [-0.2, -0.15) is 0 Å². The second-order valence-electron chi connectivity index (χ2n) is 16.2. The summed E-state index contributed by atoms with van der Waals surface area (Å²) >= 11 is 0. The molecule has 1 heterocycles. The Kier molecular flexibility index (Phi) is 36.3. The van der Waals surface area contributed by atoms with E-state index in [0.29, 0.717) is 6.42 Å². The molecule has 0 bridgehead atoms. The lowest BCUT2D eigenvalue weighted by atomic mass is 9.99. The fraction of sp³-hybridized carbons (Fsp3) is 0.776. The minimum Gasteiger partial charge on any atom is -0.394 e.